The number of ether oxygens (including phenoxy) is 2. The molecule has 0 bridgehead atoms. The number of hydrogen-bond donors (Lipinski definition) is 1. The molecule has 0 aliphatic rings. The van der Waals surface area contributed by atoms with Gasteiger partial charge in [-0.05, 0) is 47.0 Å². The van der Waals surface area contributed by atoms with Gasteiger partial charge >= 0.3 is 5.97 Å². The maximum atomic E-state index is 15.4. The Morgan fingerprint density at radius 1 is 1.21 bits per heavy atom. The Hall–Kier alpha value is -2.31. The third-order valence-electron chi connectivity index (χ3n) is 6.32. The van der Waals surface area contributed by atoms with Crippen LogP contribution in [0.2, 0.25) is 5.02 Å². The number of rotatable bonds is 11. The lowest BCUT2D eigenvalue weighted by molar-refractivity contribution is -0.137. The number of methoxy groups -OCH3 is 1. The predicted molar refractivity (Wildman–Crippen MR) is 156 cm³/mol. The average molecular weight is 566 g/mol. The van der Waals surface area contributed by atoms with Crippen molar-refractivity contribution in [2.75, 3.05) is 13.7 Å². The smallest absolute Gasteiger partial charge is 0.341 e. The van der Waals surface area contributed by atoms with Crippen LogP contribution in [0.5, 0.6) is 0 Å². The van der Waals surface area contributed by atoms with E-state index < -0.39 is 23.5 Å². The minimum absolute atomic E-state index is 0.00893. The first kappa shape index (κ1) is 31.9. The zero-order valence-corrected chi connectivity index (χ0v) is 24.8. The van der Waals surface area contributed by atoms with E-state index in [0.29, 0.717) is 17.0 Å². The first-order valence-corrected chi connectivity index (χ1v) is 13.8. The second kappa shape index (κ2) is 14.7. The van der Waals surface area contributed by atoms with Crippen LogP contribution in [0.1, 0.15) is 75.0 Å². The minimum Gasteiger partial charge on any atom is -0.477 e. The third kappa shape index (κ3) is 7.41. The van der Waals surface area contributed by atoms with E-state index in [9.17, 15) is 14.7 Å². The summed E-state index contributed by atoms with van der Waals surface area (Å²) in [4.78, 5) is 25.1. The van der Waals surface area contributed by atoms with Gasteiger partial charge in [-0.2, -0.15) is 0 Å². The summed E-state index contributed by atoms with van der Waals surface area (Å²) < 4.78 is 28.4. The second-order valence-electron chi connectivity index (χ2n) is 9.13. The first-order valence-electron chi connectivity index (χ1n) is 12.9. The molecule has 0 aliphatic carbocycles. The van der Waals surface area contributed by atoms with Crippen LogP contribution in [0.4, 0.5) is 4.39 Å². The van der Waals surface area contributed by atoms with E-state index in [-0.39, 0.29) is 41.5 Å². The topological polar surface area (TPSA) is 77.8 Å². The molecule has 1 heterocycles. The molecule has 3 unspecified atom stereocenters. The van der Waals surface area contributed by atoms with Gasteiger partial charge < -0.3 is 19.1 Å². The van der Waals surface area contributed by atoms with Crippen LogP contribution in [0, 0.1) is 11.7 Å². The number of hydrogen-bond acceptors (Lipinski definition) is 4. The Morgan fingerprint density at radius 2 is 1.89 bits per heavy atom. The summed E-state index contributed by atoms with van der Waals surface area (Å²) in [6.07, 6.45) is 2.64. The van der Waals surface area contributed by atoms with Crippen molar-refractivity contribution < 1.29 is 23.8 Å². The number of benzene rings is 2. The van der Waals surface area contributed by atoms with Crippen molar-refractivity contribution in [1.29, 1.82) is 0 Å². The molecule has 0 radical (unpaired) electrons. The molecule has 0 fully saturated rings. The molecular weight excluding hydrogens is 528 g/mol. The van der Waals surface area contributed by atoms with Crippen molar-refractivity contribution in [3.8, 4) is 0 Å². The van der Waals surface area contributed by atoms with E-state index in [2.05, 4.69) is 9.24 Å². The molecule has 0 spiro atoms. The van der Waals surface area contributed by atoms with Crippen molar-refractivity contribution in [2.45, 2.75) is 66.2 Å². The van der Waals surface area contributed by atoms with Crippen molar-refractivity contribution >= 4 is 43.0 Å². The molecule has 38 heavy (non-hydrogen) atoms. The van der Waals surface area contributed by atoms with Gasteiger partial charge in [0.2, 0.25) is 5.43 Å². The van der Waals surface area contributed by atoms with E-state index in [0.717, 1.165) is 17.3 Å². The van der Waals surface area contributed by atoms with Crippen LogP contribution >= 0.6 is 20.8 Å². The molecule has 2 aromatic carbocycles. The van der Waals surface area contributed by atoms with Gasteiger partial charge in [0.05, 0.1) is 18.2 Å². The summed E-state index contributed by atoms with van der Waals surface area (Å²) in [5.41, 5.74) is 0.346. The average Bonchev–Trinajstić information content (AvgIpc) is 2.88. The van der Waals surface area contributed by atoms with Gasteiger partial charge in [0.25, 0.3) is 0 Å². The molecule has 0 saturated carbocycles. The largest absolute Gasteiger partial charge is 0.477 e. The molecule has 3 atom stereocenters. The lowest BCUT2D eigenvalue weighted by Crippen LogP contribution is -2.28. The Morgan fingerprint density at radius 3 is 2.47 bits per heavy atom. The van der Waals surface area contributed by atoms with Crippen LogP contribution < -0.4 is 10.7 Å². The molecule has 3 rings (SSSR count). The molecule has 208 valence electrons. The number of aromatic carboxylic acids is 1. The summed E-state index contributed by atoms with van der Waals surface area (Å²) in [5.74, 6) is -1.84. The highest BCUT2D eigenvalue weighted by Crippen LogP contribution is 2.28. The standard InChI is InChI=1S/C27H32ClFNO5P.C2H6/c1-5-7-24(34-4)35-14-23(15(2)3)30-13-19(27(32)33)25(31)18-11-17(21(29)12-22(18)30)10-16-8-6-9-20(28)26(16)36;1-2/h6,8-9,11-13,15,23-24H,5,7,10,14,36H2,1-4H3,(H,32,33);1-2H3. The van der Waals surface area contributed by atoms with E-state index in [1.165, 1.54) is 18.3 Å². The van der Waals surface area contributed by atoms with Crippen LogP contribution in [0.15, 0.2) is 41.3 Å². The van der Waals surface area contributed by atoms with Crippen molar-refractivity contribution in [3.05, 3.63) is 74.3 Å². The van der Waals surface area contributed by atoms with Crippen LogP contribution in [0.3, 0.4) is 0 Å². The number of pyridine rings is 1. The van der Waals surface area contributed by atoms with E-state index in [1.807, 2.05) is 40.7 Å². The molecule has 1 aromatic heterocycles. The fourth-order valence-electron chi connectivity index (χ4n) is 4.22. The SMILES string of the molecule is CC.CCCC(OC)OCC(C(C)C)n1cc(C(=O)O)c(=O)c2cc(Cc3cccc(Cl)c3P)c(F)cc21. The Bertz CT molecular complexity index is 1310. The Balaban J connectivity index is 0.00000247. The highest BCUT2D eigenvalue weighted by atomic mass is 35.5. The van der Waals surface area contributed by atoms with E-state index in [4.69, 9.17) is 21.1 Å². The third-order valence-corrected chi connectivity index (χ3v) is 7.52. The molecular formula is C29H38ClFNO5P. The monoisotopic (exact) mass is 565 g/mol. The van der Waals surface area contributed by atoms with Gasteiger partial charge in [-0.25, -0.2) is 9.18 Å². The van der Waals surface area contributed by atoms with Crippen LogP contribution in [-0.4, -0.2) is 35.6 Å². The highest BCUT2D eigenvalue weighted by Gasteiger charge is 2.24. The molecule has 0 amide bonds. The zero-order chi connectivity index (χ0) is 28.6. The Kier molecular flexibility index (Phi) is 12.4. The van der Waals surface area contributed by atoms with Crippen molar-refractivity contribution in [2.24, 2.45) is 5.92 Å². The van der Waals surface area contributed by atoms with Crippen molar-refractivity contribution in [1.82, 2.24) is 4.57 Å². The maximum Gasteiger partial charge on any atom is 0.341 e. The van der Waals surface area contributed by atoms with Gasteiger partial charge in [0.15, 0.2) is 6.29 Å². The molecule has 6 nitrogen and oxygen atoms in total. The number of aromatic nitrogens is 1. The van der Waals surface area contributed by atoms with E-state index in [1.54, 1.807) is 23.8 Å². The van der Waals surface area contributed by atoms with Crippen LogP contribution in [0.25, 0.3) is 10.9 Å². The quantitative estimate of drug-likeness (QED) is 0.209. The lowest BCUT2D eigenvalue weighted by Gasteiger charge is -2.28. The number of carboxylic acid groups (broad SMARTS) is 1. The molecule has 9 heteroatoms. The molecule has 0 aliphatic heterocycles. The predicted octanol–water partition coefficient (Wildman–Crippen LogP) is 6.60. The summed E-state index contributed by atoms with van der Waals surface area (Å²) in [7, 11) is 4.12. The summed E-state index contributed by atoms with van der Waals surface area (Å²) in [6.45, 7) is 10.2. The van der Waals surface area contributed by atoms with Gasteiger partial charge in [-0.15, -0.1) is 9.24 Å². The fraction of sp³-hybridized carbons (Fsp3) is 0.448. The molecule has 0 saturated heterocycles. The zero-order valence-electron chi connectivity index (χ0n) is 22.9. The summed E-state index contributed by atoms with van der Waals surface area (Å²) >= 11 is 6.21. The van der Waals surface area contributed by atoms with E-state index >= 15 is 4.39 Å². The van der Waals surface area contributed by atoms with Gasteiger partial charge in [-0.3, -0.25) is 4.79 Å². The number of nitrogens with zero attached hydrogens (tertiary/aromatic N) is 1. The maximum absolute atomic E-state index is 15.4. The number of fused-ring (bicyclic) bond motifs is 1. The highest BCUT2D eigenvalue weighted by molar-refractivity contribution is 7.28. The lowest BCUT2D eigenvalue weighted by atomic mass is 9.99. The van der Waals surface area contributed by atoms with Gasteiger partial charge in [0.1, 0.15) is 11.4 Å². The van der Waals surface area contributed by atoms with Gasteiger partial charge in [-0.1, -0.05) is 64.8 Å². The second-order valence-corrected chi connectivity index (χ2v) is 10.1. The van der Waals surface area contributed by atoms with Gasteiger partial charge in [0, 0.05) is 30.1 Å². The van der Waals surface area contributed by atoms with Crippen LogP contribution in [-0.2, 0) is 15.9 Å². The minimum atomic E-state index is -1.34. The Labute approximate surface area is 231 Å². The number of halogens is 2. The number of carbonyl (C=O) groups is 1. The molecule has 1 N–H and O–H groups in total. The fourth-order valence-corrected chi connectivity index (χ4v) is 4.71. The first-order chi connectivity index (χ1) is 18.1. The normalized spacial score (nSPS) is 12.8. The summed E-state index contributed by atoms with van der Waals surface area (Å²) in [6, 6.07) is 7.74. The molecule has 3 aromatic rings. The van der Waals surface area contributed by atoms with Crippen molar-refractivity contribution in [3.63, 3.8) is 0 Å². The number of carboxylic acids is 1. The summed E-state index contributed by atoms with van der Waals surface area (Å²) in [5, 5.41) is 11.2.